The van der Waals surface area contributed by atoms with Crippen LogP contribution in [0.1, 0.15) is 44.7 Å². The van der Waals surface area contributed by atoms with E-state index in [0.29, 0.717) is 6.04 Å². The van der Waals surface area contributed by atoms with Crippen molar-refractivity contribution in [1.29, 1.82) is 0 Å². The average Bonchev–Trinajstić information content (AvgIpc) is 2.30. The monoisotopic (exact) mass is 237 g/mol. The van der Waals surface area contributed by atoms with E-state index >= 15 is 0 Å². The van der Waals surface area contributed by atoms with Gasteiger partial charge in [0.15, 0.2) is 0 Å². The summed E-state index contributed by atoms with van der Waals surface area (Å²) in [5.41, 5.74) is 1.87. The molecule has 0 fully saturated rings. The van der Waals surface area contributed by atoms with E-state index < -0.39 is 0 Å². The summed E-state index contributed by atoms with van der Waals surface area (Å²) in [6.45, 7) is 9.34. The minimum Gasteiger partial charge on any atom is -0.310 e. The number of nitrogens with one attached hydrogen (secondary N) is 1. The normalized spacial score (nSPS) is 14.6. The van der Waals surface area contributed by atoms with Crippen molar-refractivity contribution in [3.8, 4) is 0 Å². The van der Waals surface area contributed by atoms with Gasteiger partial charge in [-0.2, -0.15) is 0 Å². The number of benzene rings is 1. The van der Waals surface area contributed by atoms with Crippen molar-refractivity contribution in [2.75, 3.05) is 0 Å². The zero-order chi connectivity index (χ0) is 12.8. The molecule has 1 rings (SSSR count). The standard InChI is InChI=1S/C15H24FN/c1-5-11(2)8-13(4)17-10-14-6-7-15(16)12(3)9-14/h6-7,9,11,13,17H,5,8,10H2,1-4H3. The lowest BCUT2D eigenvalue weighted by molar-refractivity contribution is 0.412. The minimum absolute atomic E-state index is 0.124. The molecule has 2 heteroatoms. The third-order valence-corrected chi connectivity index (χ3v) is 3.33. The van der Waals surface area contributed by atoms with Crippen LogP contribution in [-0.2, 0) is 6.54 Å². The van der Waals surface area contributed by atoms with Crippen LogP contribution in [0.25, 0.3) is 0 Å². The van der Waals surface area contributed by atoms with Crippen LogP contribution >= 0.6 is 0 Å². The molecule has 1 nitrogen and oxygen atoms in total. The first-order chi connectivity index (χ1) is 8.02. The molecule has 0 radical (unpaired) electrons. The summed E-state index contributed by atoms with van der Waals surface area (Å²) in [7, 11) is 0. The lowest BCUT2D eigenvalue weighted by Crippen LogP contribution is -2.27. The highest BCUT2D eigenvalue weighted by Crippen LogP contribution is 2.12. The van der Waals surface area contributed by atoms with E-state index in [2.05, 4.69) is 26.1 Å². The molecule has 1 N–H and O–H groups in total. The van der Waals surface area contributed by atoms with E-state index in [-0.39, 0.29) is 5.82 Å². The molecule has 1 aromatic rings. The topological polar surface area (TPSA) is 12.0 Å². The van der Waals surface area contributed by atoms with Crippen LogP contribution in [0.5, 0.6) is 0 Å². The van der Waals surface area contributed by atoms with Crippen molar-refractivity contribution in [3.63, 3.8) is 0 Å². The third-order valence-electron chi connectivity index (χ3n) is 3.33. The van der Waals surface area contributed by atoms with Crippen molar-refractivity contribution in [1.82, 2.24) is 5.32 Å². The molecule has 17 heavy (non-hydrogen) atoms. The first kappa shape index (κ1) is 14.2. The van der Waals surface area contributed by atoms with Gasteiger partial charge in [-0.25, -0.2) is 4.39 Å². The van der Waals surface area contributed by atoms with Crippen molar-refractivity contribution in [2.24, 2.45) is 5.92 Å². The molecule has 0 amide bonds. The fourth-order valence-corrected chi connectivity index (χ4v) is 1.96. The molecular formula is C15H24FN. The maximum Gasteiger partial charge on any atom is 0.126 e. The second-order valence-electron chi connectivity index (χ2n) is 5.11. The van der Waals surface area contributed by atoms with Gasteiger partial charge in [-0.15, -0.1) is 0 Å². The van der Waals surface area contributed by atoms with E-state index in [1.54, 1.807) is 13.0 Å². The maximum atomic E-state index is 13.1. The summed E-state index contributed by atoms with van der Waals surface area (Å²) >= 11 is 0. The molecule has 0 aliphatic heterocycles. The van der Waals surface area contributed by atoms with E-state index in [4.69, 9.17) is 0 Å². The van der Waals surface area contributed by atoms with Crippen molar-refractivity contribution in [2.45, 2.75) is 53.1 Å². The number of halogens is 1. The van der Waals surface area contributed by atoms with Gasteiger partial charge >= 0.3 is 0 Å². The highest BCUT2D eigenvalue weighted by Gasteiger charge is 2.07. The molecule has 2 atom stereocenters. The van der Waals surface area contributed by atoms with Gasteiger partial charge in [0, 0.05) is 12.6 Å². The Labute approximate surface area is 104 Å². The molecule has 1 aromatic carbocycles. The summed E-state index contributed by atoms with van der Waals surface area (Å²) in [6.07, 6.45) is 2.42. The van der Waals surface area contributed by atoms with Crippen LogP contribution in [0, 0.1) is 18.7 Å². The molecular weight excluding hydrogens is 213 g/mol. The summed E-state index contributed by atoms with van der Waals surface area (Å²) < 4.78 is 13.1. The van der Waals surface area contributed by atoms with Crippen LogP contribution in [0.2, 0.25) is 0 Å². The van der Waals surface area contributed by atoms with E-state index in [1.165, 1.54) is 12.8 Å². The summed E-state index contributed by atoms with van der Waals surface area (Å²) in [6, 6.07) is 5.82. The first-order valence-electron chi connectivity index (χ1n) is 6.51. The molecule has 96 valence electrons. The molecule has 0 heterocycles. The van der Waals surface area contributed by atoms with Gasteiger partial charge < -0.3 is 5.32 Å². The smallest absolute Gasteiger partial charge is 0.126 e. The predicted molar refractivity (Wildman–Crippen MR) is 71.5 cm³/mol. The molecule has 0 bridgehead atoms. The highest BCUT2D eigenvalue weighted by molar-refractivity contribution is 5.23. The van der Waals surface area contributed by atoms with Gasteiger partial charge in [-0.1, -0.05) is 32.4 Å². The Hall–Kier alpha value is -0.890. The third kappa shape index (κ3) is 4.86. The van der Waals surface area contributed by atoms with Gasteiger partial charge in [0.05, 0.1) is 0 Å². The van der Waals surface area contributed by atoms with Crippen molar-refractivity contribution >= 4 is 0 Å². The first-order valence-corrected chi connectivity index (χ1v) is 6.51. The van der Waals surface area contributed by atoms with Gasteiger partial charge in [0.25, 0.3) is 0 Å². The second kappa shape index (κ2) is 6.75. The van der Waals surface area contributed by atoms with Gasteiger partial charge in [-0.3, -0.25) is 0 Å². The highest BCUT2D eigenvalue weighted by atomic mass is 19.1. The Balaban J connectivity index is 2.42. The lowest BCUT2D eigenvalue weighted by atomic mass is 10.0. The van der Waals surface area contributed by atoms with Gasteiger partial charge in [0.2, 0.25) is 0 Å². The maximum absolute atomic E-state index is 13.1. The lowest BCUT2D eigenvalue weighted by Gasteiger charge is -2.17. The van der Waals surface area contributed by atoms with Gasteiger partial charge in [-0.05, 0) is 43.4 Å². The van der Waals surface area contributed by atoms with Crippen molar-refractivity contribution < 1.29 is 4.39 Å². The SMILES string of the molecule is CCC(C)CC(C)NCc1ccc(F)c(C)c1. The average molecular weight is 237 g/mol. The quantitative estimate of drug-likeness (QED) is 0.787. The van der Waals surface area contributed by atoms with Crippen LogP contribution < -0.4 is 5.32 Å². The number of hydrogen-bond donors (Lipinski definition) is 1. The fourth-order valence-electron chi connectivity index (χ4n) is 1.96. The zero-order valence-corrected chi connectivity index (χ0v) is 11.4. The summed E-state index contributed by atoms with van der Waals surface area (Å²) in [5, 5.41) is 3.49. The molecule has 2 unspecified atom stereocenters. The van der Waals surface area contributed by atoms with Crippen LogP contribution in [-0.4, -0.2) is 6.04 Å². The predicted octanol–water partition coefficient (Wildman–Crippen LogP) is 4.05. The largest absolute Gasteiger partial charge is 0.310 e. The number of rotatable bonds is 6. The Kier molecular flexibility index (Phi) is 5.63. The Morgan fingerprint density at radius 1 is 1.29 bits per heavy atom. The minimum atomic E-state index is -0.124. The van der Waals surface area contributed by atoms with E-state index in [1.807, 2.05) is 12.1 Å². The molecule has 0 aromatic heterocycles. The molecule has 0 saturated carbocycles. The number of aryl methyl sites for hydroxylation is 1. The zero-order valence-electron chi connectivity index (χ0n) is 11.4. The van der Waals surface area contributed by atoms with Crippen LogP contribution in [0.4, 0.5) is 4.39 Å². The molecule has 0 spiro atoms. The molecule has 0 aliphatic carbocycles. The van der Waals surface area contributed by atoms with Gasteiger partial charge in [0.1, 0.15) is 5.82 Å². The Bertz CT molecular complexity index is 349. The summed E-state index contributed by atoms with van der Waals surface area (Å²) in [4.78, 5) is 0. The fraction of sp³-hybridized carbons (Fsp3) is 0.600. The number of hydrogen-bond acceptors (Lipinski definition) is 1. The van der Waals surface area contributed by atoms with Crippen molar-refractivity contribution in [3.05, 3.63) is 35.1 Å². The Morgan fingerprint density at radius 2 is 2.00 bits per heavy atom. The summed E-state index contributed by atoms with van der Waals surface area (Å²) in [5.74, 6) is 0.633. The van der Waals surface area contributed by atoms with E-state index in [0.717, 1.165) is 23.6 Å². The molecule has 0 aliphatic rings. The molecule has 0 saturated heterocycles. The second-order valence-corrected chi connectivity index (χ2v) is 5.11. The van der Waals surface area contributed by atoms with Crippen LogP contribution in [0.3, 0.4) is 0 Å². The Morgan fingerprint density at radius 3 is 2.59 bits per heavy atom. The van der Waals surface area contributed by atoms with Crippen LogP contribution in [0.15, 0.2) is 18.2 Å². The van der Waals surface area contributed by atoms with E-state index in [9.17, 15) is 4.39 Å².